The van der Waals surface area contributed by atoms with Crippen molar-refractivity contribution in [1.82, 2.24) is 5.32 Å². The molecule has 104 valence electrons. The Morgan fingerprint density at radius 1 is 1.42 bits per heavy atom. The zero-order valence-electron chi connectivity index (χ0n) is 11.3. The predicted molar refractivity (Wildman–Crippen MR) is 79.8 cm³/mol. The van der Waals surface area contributed by atoms with Gasteiger partial charge in [-0.05, 0) is 11.5 Å². The van der Waals surface area contributed by atoms with Crippen LogP contribution in [0.4, 0.5) is 0 Å². The molecule has 0 saturated heterocycles. The Balaban J connectivity index is 2.65. The first-order chi connectivity index (χ1) is 9.04. The van der Waals surface area contributed by atoms with Crippen LogP contribution < -0.4 is 11.1 Å². The summed E-state index contributed by atoms with van der Waals surface area (Å²) < 4.78 is 5.01. The molecule has 1 amide bonds. The van der Waals surface area contributed by atoms with Crippen molar-refractivity contribution in [3.63, 3.8) is 0 Å². The van der Waals surface area contributed by atoms with E-state index in [0.717, 1.165) is 5.56 Å². The van der Waals surface area contributed by atoms with Crippen LogP contribution >= 0.6 is 12.2 Å². The molecule has 1 aromatic carbocycles. The Morgan fingerprint density at radius 2 is 2.05 bits per heavy atom. The predicted octanol–water partition coefficient (Wildman–Crippen LogP) is 1.80. The highest BCUT2D eigenvalue weighted by Gasteiger charge is 2.18. The molecule has 0 saturated carbocycles. The van der Waals surface area contributed by atoms with Gasteiger partial charge in [0, 0.05) is 20.1 Å². The largest absolute Gasteiger partial charge is 0.391 e. The molecule has 0 radical (unpaired) electrons. The van der Waals surface area contributed by atoms with Gasteiger partial charge >= 0.3 is 0 Å². The summed E-state index contributed by atoms with van der Waals surface area (Å²) in [5.41, 5.74) is 6.59. The van der Waals surface area contributed by atoms with E-state index in [9.17, 15) is 4.79 Å². The van der Waals surface area contributed by atoms with Gasteiger partial charge in [0.25, 0.3) is 0 Å². The maximum absolute atomic E-state index is 11.9. The molecule has 1 aromatic rings. The van der Waals surface area contributed by atoms with Gasteiger partial charge in [-0.1, -0.05) is 49.5 Å². The summed E-state index contributed by atoms with van der Waals surface area (Å²) in [5, 5.41) is 2.86. The van der Waals surface area contributed by atoms with Crippen molar-refractivity contribution in [2.45, 2.75) is 19.4 Å². The number of methoxy groups -OCH3 is 1. The van der Waals surface area contributed by atoms with Crippen LogP contribution in [0.1, 0.15) is 24.9 Å². The molecule has 0 heterocycles. The lowest BCUT2D eigenvalue weighted by Gasteiger charge is -2.19. The molecule has 5 heteroatoms. The molecule has 0 aromatic heterocycles. The van der Waals surface area contributed by atoms with Gasteiger partial charge in [-0.25, -0.2) is 0 Å². The van der Waals surface area contributed by atoms with Gasteiger partial charge in [-0.15, -0.1) is 0 Å². The van der Waals surface area contributed by atoms with E-state index in [4.69, 9.17) is 22.7 Å². The second-order valence-corrected chi connectivity index (χ2v) is 5.05. The third kappa shape index (κ3) is 5.36. The van der Waals surface area contributed by atoms with E-state index in [1.807, 2.05) is 37.3 Å². The normalized spacial score (nSPS) is 13.6. The summed E-state index contributed by atoms with van der Waals surface area (Å²) in [6.07, 6.45) is 0.389. The SMILES string of the molecule is COCC(C)CC(=O)NC(C(N)=S)c1ccccc1. The Bertz CT molecular complexity index is 423. The smallest absolute Gasteiger partial charge is 0.221 e. The Kier molecular flexibility index (Phi) is 6.45. The van der Waals surface area contributed by atoms with Crippen molar-refractivity contribution in [1.29, 1.82) is 0 Å². The maximum Gasteiger partial charge on any atom is 0.221 e. The number of hydrogen-bond acceptors (Lipinski definition) is 3. The van der Waals surface area contributed by atoms with Gasteiger partial charge in [0.1, 0.15) is 11.0 Å². The van der Waals surface area contributed by atoms with Crippen LogP contribution in [0, 0.1) is 5.92 Å². The van der Waals surface area contributed by atoms with E-state index in [1.54, 1.807) is 7.11 Å². The highest BCUT2D eigenvalue weighted by Crippen LogP contribution is 2.14. The lowest BCUT2D eigenvalue weighted by molar-refractivity contribution is -0.122. The molecule has 19 heavy (non-hydrogen) atoms. The highest BCUT2D eigenvalue weighted by atomic mass is 32.1. The van der Waals surface area contributed by atoms with Crippen LogP contribution in [0.25, 0.3) is 0 Å². The number of hydrogen-bond donors (Lipinski definition) is 2. The third-order valence-corrected chi connectivity index (χ3v) is 2.94. The molecular weight excluding hydrogens is 260 g/mol. The number of benzene rings is 1. The molecule has 0 fully saturated rings. The monoisotopic (exact) mass is 280 g/mol. The van der Waals surface area contributed by atoms with Crippen molar-refractivity contribution in [3.8, 4) is 0 Å². The molecule has 4 nitrogen and oxygen atoms in total. The van der Waals surface area contributed by atoms with E-state index >= 15 is 0 Å². The first-order valence-electron chi connectivity index (χ1n) is 6.17. The van der Waals surface area contributed by atoms with Gasteiger partial charge in [0.15, 0.2) is 0 Å². The fraction of sp³-hybridized carbons (Fsp3) is 0.429. The lowest BCUT2D eigenvalue weighted by Crippen LogP contribution is -2.37. The minimum Gasteiger partial charge on any atom is -0.391 e. The summed E-state index contributed by atoms with van der Waals surface area (Å²) in [6, 6.07) is 9.05. The number of amides is 1. The fourth-order valence-electron chi connectivity index (χ4n) is 1.84. The van der Waals surface area contributed by atoms with Gasteiger partial charge in [0.2, 0.25) is 5.91 Å². The molecule has 0 spiro atoms. The summed E-state index contributed by atoms with van der Waals surface area (Å²) in [6.45, 7) is 2.51. The van der Waals surface area contributed by atoms with Crippen LogP contribution in [-0.2, 0) is 9.53 Å². The first kappa shape index (κ1) is 15.6. The number of thiocarbonyl (C=S) groups is 1. The average Bonchev–Trinajstić information content (AvgIpc) is 2.37. The minimum absolute atomic E-state index is 0.0776. The maximum atomic E-state index is 11.9. The summed E-state index contributed by atoms with van der Waals surface area (Å²) in [7, 11) is 1.62. The van der Waals surface area contributed by atoms with Crippen LogP contribution in [0.5, 0.6) is 0 Å². The molecule has 0 aliphatic carbocycles. The molecule has 1 rings (SSSR count). The number of ether oxygens (including phenoxy) is 1. The Labute approximate surface area is 119 Å². The van der Waals surface area contributed by atoms with Gasteiger partial charge in [0.05, 0.1) is 0 Å². The molecule has 0 aliphatic rings. The van der Waals surface area contributed by atoms with Crippen molar-refractivity contribution >= 4 is 23.1 Å². The van der Waals surface area contributed by atoms with Gasteiger partial charge < -0.3 is 15.8 Å². The van der Waals surface area contributed by atoms with Crippen LogP contribution in [-0.4, -0.2) is 24.6 Å². The minimum atomic E-state index is -0.418. The number of nitrogens with two attached hydrogens (primary N) is 1. The van der Waals surface area contributed by atoms with E-state index in [0.29, 0.717) is 13.0 Å². The molecule has 0 aliphatic heterocycles. The molecule has 3 N–H and O–H groups in total. The van der Waals surface area contributed by atoms with Gasteiger partial charge in [-0.3, -0.25) is 4.79 Å². The van der Waals surface area contributed by atoms with Gasteiger partial charge in [-0.2, -0.15) is 0 Å². The van der Waals surface area contributed by atoms with Crippen molar-refractivity contribution < 1.29 is 9.53 Å². The molecule has 0 bridgehead atoms. The Hall–Kier alpha value is -1.46. The second kappa shape index (κ2) is 7.86. The quantitative estimate of drug-likeness (QED) is 0.748. The lowest BCUT2D eigenvalue weighted by atomic mass is 10.1. The van der Waals surface area contributed by atoms with E-state index < -0.39 is 6.04 Å². The molecule has 2 unspecified atom stereocenters. The van der Waals surface area contributed by atoms with E-state index in [-0.39, 0.29) is 16.8 Å². The number of carbonyl (C=O) groups excluding carboxylic acids is 1. The zero-order chi connectivity index (χ0) is 14.3. The number of nitrogens with one attached hydrogen (secondary N) is 1. The average molecular weight is 280 g/mol. The topological polar surface area (TPSA) is 64.3 Å². The Morgan fingerprint density at radius 3 is 2.58 bits per heavy atom. The van der Waals surface area contributed by atoms with Crippen molar-refractivity contribution in [2.75, 3.05) is 13.7 Å². The number of carbonyl (C=O) groups is 1. The number of rotatable bonds is 7. The van der Waals surface area contributed by atoms with Crippen LogP contribution in [0.3, 0.4) is 0 Å². The van der Waals surface area contributed by atoms with E-state index in [2.05, 4.69) is 5.32 Å². The van der Waals surface area contributed by atoms with E-state index in [1.165, 1.54) is 0 Å². The summed E-state index contributed by atoms with van der Waals surface area (Å²) >= 11 is 5.02. The van der Waals surface area contributed by atoms with Crippen LogP contribution in [0.15, 0.2) is 30.3 Å². The molecule has 2 atom stereocenters. The highest BCUT2D eigenvalue weighted by molar-refractivity contribution is 7.80. The summed E-state index contributed by atoms with van der Waals surface area (Å²) in [5.74, 6) is 0.0824. The second-order valence-electron chi connectivity index (χ2n) is 4.58. The zero-order valence-corrected chi connectivity index (χ0v) is 12.1. The van der Waals surface area contributed by atoms with Crippen LogP contribution in [0.2, 0.25) is 0 Å². The summed E-state index contributed by atoms with van der Waals surface area (Å²) in [4.78, 5) is 12.2. The van der Waals surface area contributed by atoms with Crippen molar-refractivity contribution in [3.05, 3.63) is 35.9 Å². The molecular formula is C14H20N2O2S. The third-order valence-electron chi connectivity index (χ3n) is 2.71. The standard InChI is InChI=1S/C14H20N2O2S/c1-10(9-18-2)8-12(17)16-13(14(15)19)11-6-4-3-5-7-11/h3-7,10,13H,8-9H2,1-2H3,(H2,15,19)(H,16,17). The first-order valence-corrected chi connectivity index (χ1v) is 6.58. The van der Waals surface area contributed by atoms with Crippen molar-refractivity contribution in [2.24, 2.45) is 11.7 Å². The fourth-order valence-corrected chi connectivity index (χ4v) is 2.04.